The summed E-state index contributed by atoms with van der Waals surface area (Å²) in [5.74, 6) is 0.874. The monoisotopic (exact) mass is 240 g/mol. The second kappa shape index (κ2) is 6.17. The quantitative estimate of drug-likeness (QED) is 0.743. The Morgan fingerprint density at radius 3 is 2.41 bits per heavy atom. The molecule has 0 radical (unpaired) electrons. The fraction of sp³-hybridized carbons (Fsp3) is 1.00. The van der Waals surface area contributed by atoms with Crippen molar-refractivity contribution in [2.24, 2.45) is 5.92 Å². The minimum atomic E-state index is 0.406. The summed E-state index contributed by atoms with van der Waals surface area (Å²) in [5.41, 5.74) is 0. The minimum Gasteiger partial charge on any atom is -0.373 e. The second-order valence-corrected chi connectivity index (χ2v) is 5.82. The van der Waals surface area contributed by atoms with E-state index in [1.54, 1.807) is 0 Å². The fourth-order valence-electron chi connectivity index (χ4n) is 3.22. The Hall–Kier alpha value is -0.120. The average molecular weight is 240 g/mol. The Morgan fingerprint density at radius 1 is 1.18 bits per heavy atom. The van der Waals surface area contributed by atoms with Crippen LogP contribution < -0.4 is 5.32 Å². The van der Waals surface area contributed by atoms with Crippen molar-refractivity contribution in [2.45, 2.75) is 58.3 Å². The highest BCUT2D eigenvalue weighted by molar-refractivity contribution is 4.92. The van der Waals surface area contributed by atoms with Gasteiger partial charge in [-0.1, -0.05) is 6.92 Å². The van der Waals surface area contributed by atoms with Gasteiger partial charge in [-0.15, -0.1) is 0 Å². The van der Waals surface area contributed by atoms with Gasteiger partial charge in [-0.3, -0.25) is 4.90 Å². The van der Waals surface area contributed by atoms with Crippen molar-refractivity contribution in [2.75, 3.05) is 26.2 Å². The first-order chi connectivity index (χ1) is 8.20. The number of hydrogen-bond acceptors (Lipinski definition) is 3. The fourth-order valence-corrected chi connectivity index (χ4v) is 3.22. The van der Waals surface area contributed by atoms with Crippen LogP contribution in [0.1, 0.15) is 40.0 Å². The zero-order valence-electron chi connectivity index (χ0n) is 11.6. The molecule has 1 saturated carbocycles. The molecule has 100 valence electrons. The molecule has 3 heteroatoms. The summed E-state index contributed by atoms with van der Waals surface area (Å²) in [6.45, 7) is 11.3. The van der Waals surface area contributed by atoms with Gasteiger partial charge in [-0.2, -0.15) is 0 Å². The van der Waals surface area contributed by atoms with E-state index in [0.29, 0.717) is 12.2 Å². The third-order valence-corrected chi connectivity index (χ3v) is 4.13. The molecule has 0 spiro atoms. The van der Waals surface area contributed by atoms with Crippen LogP contribution in [0.25, 0.3) is 0 Å². The smallest absolute Gasteiger partial charge is 0.0678 e. The first kappa shape index (κ1) is 13.3. The van der Waals surface area contributed by atoms with Crippen LogP contribution in [0.5, 0.6) is 0 Å². The topological polar surface area (TPSA) is 24.5 Å². The van der Waals surface area contributed by atoms with E-state index in [4.69, 9.17) is 4.74 Å². The highest BCUT2D eigenvalue weighted by Gasteiger charge is 2.37. The molecule has 3 nitrogen and oxygen atoms in total. The lowest BCUT2D eigenvalue weighted by atomic mass is 9.78. The Labute approximate surface area is 106 Å². The van der Waals surface area contributed by atoms with Gasteiger partial charge in [0.2, 0.25) is 0 Å². The number of nitrogens with one attached hydrogen (secondary N) is 1. The van der Waals surface area contributed by atoms with E-state index >= 15 is 0 Å². The molecule has 0 amide bonds. The van der Waals surface area contributed by atoms with Crippen molar-refractivity contribution in [3.05, 3.63) is 0 Å². The van der Waals surface area contributed by atoms with Gasteiger partial charge >= 0.3 is 0 Å². The van der Waals surface area contributed by atoms with E-state index in [9.17, 15) is 0 Å². The van der Waals surface area contributed by atoms with E-state index in [2.05, 4.69) is 31.0 Å². The number of morpholine rings is 1. The summed E-state index contributed by atoms with van der Waals surface area (Å²) in [6.07, 6.45) is 4.84. The lowest BCUT2D eigenvalue weighted by molar-refractivity contribution is -0.100. The number of nitrogens with zero attached hydrogens (tertiary/aromatic N) is 1. The van der Waals surface area contributed by atoms with Crippen molar-refractivity contribution in [1.29, 1.82) is 0 Å². The van der Waals surface area contributed by atoms with Gasteiger partial charge in [0.15, 0.2) is 0 Å². The molecule has 1 heterocycles. The predicted molar refractivity (Wildman–Crippen MR) is 71.3 cm³/mol. The first-order valence-corrected chi connectivity index (χ1v) is 7.31. The molecule has 2 rings (SSSR count). The molecule has 0 bridgehead atoms. The van der Waals surface area contributed by atoms with Crippen LogP contribution >= 0.6 is 0 Å². The molecule has 1 aliphatic carbocycles. The van der Waals surface area contributed by atoms with Gasteiger partial charge in [0, 0.05) is 19.1 Å². The van der Waals surface area contributed by atoms with Crippen LogP contribution in [0.2, 0.25) is 0 Å². The standard InChI is InChI=1S/C14H28N2O/c1-4-7-15-8-13-5-6-14(13)16-9-11(2)17-12(3)10-16/h11-15H,4-10H2,1-3H3. The maximum atomic E-state index is 5.81. The van der Waals surface area contributed by atoms with Crippen LogP contribution in [0.3, 0.4) is 0 Å². The van der Waals surface area contributed by atoms with E-state index in [-0.39, 0.29) is 0 Å². The van der Waals surface area contributed by atoms with Crippen molar-refractivity contribution in [3.63, 3.8) is 0 Å². The lowest BCUT2D eigenvalue weighted by Gasteiger charge is -2.48. The van der Waals surface area contributed by atoms with Crippen LogP contribution in [0.15, 0.2) is 0 Å². The van der Waals surface area contributed by atoms with Crippen LogP contribution in [0.4, 0.5) is 0 Å². The largest absolute Gasteiger partial charge is 0.373 e. The van der Waals surface area contributed by atoms with Crippen molar-refractivity contribution < 1.29 is 4.74 Å². The maximum absolute atomic E-state index is 5.81. The third kappa shape index (κ3) is 3.43. The molecule has 17 heavy (non-hydrogen) atoms. The number of ether oxygens (including phenoxy) is 1. The van der Waals surface area contributed by atoms with Crippen LogP contribution in [-0.4, -0.2) is 49.3 Å². The van der Waals surface area contributed by atoms with Crippen LogP contribution in [0, 0.1) is 5.92 Å². The lowest BCUT2D eigenvalue weighted by Crippen LogP contribution is -2.57. The summed E-state index contributed by atoms with van der Waals surface area (Å²) in [4.78, 5) is 2.67. The summed E-state index contributed by atoms with van der Waals surface area (Å²) < 4.78 is 5.81. The van der Waals surface area contributed by atoms with Crippen molar-refractivity contribution >= 4 is 0 Å². The number of rotatable bonds is 5. The zero-order valence-corrected chi connectivity index (χ0v) is 11.6. The van der Waals surface area contributed by atoms with Gasteiger partial charge < -0.3 is 10.1 Å². The molecule has 2 fully saturated rings. The summed E-state index contributed by atoms with van der Waals surface area (Å²) >= 11 is 0. The molecule has 1 saturated heterocycles. The Bertz CT molecular complexity index is 224. The van der Waals surface area contributed by atoms with Crippen LogP contribution in [-0.2, 0) is 4.74 Å². The average Bonchev–Trinajstić information content (AvgIpc) is 2.21. The highest BCUT2D eigenvalue weighted by atomic mass is 16.5. The van der Waals surface area contributed by atoms with Gasteiger partial charge in [0.05, 0.1) is 12.2 Å². The van der Waals surface area contributed by atoms with Gasteiger partial charge in [0.25, 0.3) is 0 Å². The summed E-state index contributed by atoms with van der Waals surface area (Å²) in [5, 5.41) is 3.57. The first-order valence-electron chi connectivity index (χ1n) is 7.31. The highest BCUT2D eigenvalue weighted by Crippen LogP contribution is 2.33. The molecule has 4 atom stereocenters. The normalized spacial score (nSPS) is 39.0. The third-order valence-electron chi connectivity index (χ3n) is 4.13. The van der Waals surface area contributed by atoms with Gasteiger partial charge in [0.1, 0.15) is 0 Å². The molecule has 1 aliphatic heterocycles. The molecule has 4 unspecified atom stereocenters. The van der Waals surface area contributed by atoms with Crippen molar-refractivity contribution in [3.8, 4) is 0 Å². The number of hydrogen-bond donors (Lipinski definition) is 1. The minimum absolute atomic E-state index is 0.406. The Kier molecular flexibility index (Phi) is 4.83. The summed E-state index contributed by atoms with van der Waals surface area (Å²) in [6, 6.07) is 0.813. The Balaban J connectivity index is 1.77. The second-order valence-electron chi connectivity index (χ2n) is 5.82. The molecule has 0 aromatic heterocycles. The molecule has 0 aromatic rings. The molecule has 1 N–H and O–H groups in total. The Morgan fingerprint density at radius 2 is 1.88 bits per heavy atom. The summed E-state index contributed by atoms with van der Waals surface area (Å²) in [7, 11) is 0. The van der Waals surface area contributed by atoms with Gasteiger partial charge in [-0.25, -0.2) is 0 Å². The van der Waals surface area contributed by atoms with E-state index in [1.807, 2.05) is 0 Å². The molecular formula is C14H28N2O. The van der Waals surface area contributed by atoms with E-state index in [0.717, 1.165) is 25.0 Å². The SMILES string of the molecule is CCCNCC1CCC1N1CC(C)OC(C)C1. The molecule has 0 aromatic carbocycles. The molecule has 2 aliphatic rings. The van der Waals surface area contributed by atoms with Gasteiger partial charge in [-0.05, 0) is 52.1 Å². The van der Waals surface area contributed by atoms with E-state index < -0.39 is 0 Å². The zero-order chi connectivity index (χ0) is 12.3. The maximum Gasteiger partial charge on any atom is 0.0678 e. The predicted octanol–water partition coefficient (Wildman–Crippen LogP) is 1.87. The molecular weight excluding hydrogens is 212 g/mol. The van der Waals surface area contributed by atoms with Crippen molar-refractivity contribution in [1.82, 2.24) is 10.2 Å². The van der Waals surface area contributed by atoms with E-state index in [1.165, 1.54) is 32.4 Å².